The Kier molecular flexibility index (Phi) is 4.47. The van der Waals surface area contributed by atoms with Gasteiger partial charge in [0.15, 0.2) is 5.78 Å². The monoisotopic (exact) mass is 263 g/mol. The Morgan fingerprint density at radius 3 is 2.47 bits per heavy atom. The van der Waals surface area contributed by atoms with Crippen LogP contribution in [0.15, 0.2) is 12.4 Å². The van der Waals surface area contributed by atoms with Crippen LogP contribution in [0.2, 0.25) is 0 Å². The van der Waals surface area contributed by atoms with Gasteiger partial charge in [0.05, 0.1) is 12.7 Å². The van der Waals surface area contributed by atoms with E-state index in [9.17, 15) is 4.79 Å². The molecule has 1 aromatic rings. The van der Waals surface area contributed by atoms with Crippen LogP contribution in [0.4, 0.5) is 0 Å². The molecule has 0 saturated heterocycles. The highest BCUT2D eigenvalue weighted by atomic mass is 16.5. The molecule has 0 unspecified atom stereocenters. The van der Waals surface area contributed by atoms with Crippen molar-refractivity contribution in [2.75, 3.05) is 14.2 Å². The molecule has 5 nitrogen and oxygen atoms in total. The molecule has 1 aromatic heterocycles. The molecule has 1 aliphatic carbocycles. The minimum absolute atomic E-state index is 0.0464. The maximum Gasteiger partial charge on any atom is 0.316 e. The van der Waals surface area contributed by atoms with Gasteiger partial charge in [-0.2, -0.15) is 0 Å². The number of methoxy groups -OCH3 is 1. The highest BCUT2D eigenvalue weighted by molar-refractivity contribution is 5.96. The fourth-order valence-corrected chi connectivity index (χ4v) is 2.72. The molecule has 1 heterocycles. The normalized spacial score (nSPS) is 18.0. The Morgan fingerprint density at radius 2 is 1.95 bits per heavy atom. The lowest BCUT2D eigenvalue weighted by Gasteiger charge is -2.36. The van der Waals surface area contributed by atoms with Gasteiger partial charge in [-0.05, 0) is 19.9 Å². The number of aromatic nitrogens is 2. The van der Waals surface area contributed by atoms with Crippen LogP contribution in [0.25, 0.3) is 0 Å². The average molecular weight is 263 g/mol. The fourth-order valence-electron chi connectivity index (χ4n) is 2.72. The summed E-state index contributed by atoms with van der Waals surface area (Å²) < 4.78 is 4.89. The van der Waals surface area contributed by atoms with E-state index in [2.05, 4.69) is 15.3 Å². The molecule has 1 aliphatic rings. The summed E-state index contributed by atoms with van der Waals surface area (Å²) in [5.41, 5.74) is 0.510. The van der Waals surface area contributed by atoms with Gasteiger partial charge in [0.2, 0.25) is 0 Å². The predicted molar refractivity (Wildman–Crippen MR) is 72.4 cm³/mol. The van der Waals surface area contributed by atoms with Gasteiger partial charge in [-0.15, -0.1) is 0 Å². The van der Waals surface area contributed by atoms with Gasteiger partial charge in [-0.25, -0.2) is 9.97 Å². The molecule has 1 N–H and O–H groups in total. The standard InChI is InChI=1S/C14H21N3O2/c1-15-14(6-4-3-5-7-14)8-12(18)11-9-16-13(19-2)17-10-11/h9-10,15H,3-8H2,1-2H3. The molecule has 0 amide bonds. The quantitative estimate of drug-likeness (QED) is 0.823. The van der Waals surface area contributed by atoms with Gasteiger partial charge in [0.25, 0.3) is 0 Å². The minimum atomic E-state index is -0.0464. The number of Topliss-reactive ketones (excluding diaryl/α,β-unsaturated/α-hetero) is 1. The third-order valence-corrected chi connectivity index (χ3v) is 3.97. The number of nitrogens with zero attached hydrogens (tertiary/aromatic N) is 2. The number of carbonyl (C=O) groups is 1. The van der Waals surface area contributed by atoms with Gasteiger partial charge in [-0.1, -0.05) is 19.3 Å². The van der Waals surface area contributed by atoms with Gasteiger partial charge in [-0.3, -0.25) is 4.79 Å². The lowest BCUT2D eigenvalue weighted by atomic mass is 9.78. The van der Waals surface area contributed by atoms with Crippen molar-refractivity contribution in [3.05, 3.63) is 18.0 Å². The van der Waals surface area contributed by atoms with E-state index < -0.39 is 0 Å². The zero-order valence-corrected chi connectivity index (χ0v) is 11.6. The molecular formula is C14H21N3O2. The molecule has 0 spiro atoms. The van der Waals surface area contributed by atoms with Gasteiger partial charge < -0.3 is 10.1 Å². The molecule has 19 heavy (non-hydrogen) atoms. The SMILES string of the molecule is CNC1(CC(=O)c2cnc(OC)nc2)CCCCC1. The molecule has 1 saturated carbocycles. The van der Waals surface area contributed by atoms with Crippen molar-refractivity contribution in [3.8, 4) is 6.01 Å². The van der Waals surface area contributed by atoms with Crippen LogP contribution in [-0.2, 0) is 0 Å². The summed E-state index contributed by atoms with van der Waals surface area (Å²) in [5.74, 6) is 0.0962. The van der Waals surface area contributed by atoms with Crippen LogP contribution < -0.4 is 10.1 Å². The van der Waals surface area contributed by atoms with Crippen molar-refractivity contribution in [2.45, 2.75) is 44.1 Å². The third-order valence-electron chi connectivity index (χ3n) is 3.97. The first-order chi connectivity index (χ1) is 9.19. The summed E-state index contributed by atoms with van der Waals surface area (Å²) in [6.07, 6.45) is 9.36. The predicted octanol–water partition coefficient (Wildman–Crippen LogP) is 1.98. The van der Waals surface area contributed by atoms with Crippen molar-refractivity contribution in [1.29, 1.82) is 0 Å². The Balaban J connectivity index is 2.06. The second-order valence-corrected chi connectivity index (χ2v) is 5.15. The molecule has 0 radical (unpaired) electrons. The first-order valence-electron chi connectivity index (χ1n) is 6.77. The number of hydrogen-bond acceptors (Lipinski definition) is 5. The highest BCUT2D eigenvalue weighted by Crippen LogP contribution is 2.31. The molecule has 1 fully saturated rings. The Hall–Kier alpha value is -1.49. The van der Waals surface area contributed by atoms with Crippen LogP contribution in [0, 0.1) is 0 Å². The second kappa shape index (κ2) is 6.10. The minimum Gasteiger partial charge on any atom is -0.467 e. The van der Waals surface area contributed by atoms with E-state index in [0.29, 0.717) is 12.0 Å². The molecule has 5 heteroatoms. The molecule has 104 valence electrons. The summed E-state index contributed by atoms with van der Waals surface area (Å²) in [7, 11) is 3.46. The number of carbonyl (C=O) groups excluding carboxylic acids is 1. The van der Waals surface area contributed by atoms with Crippen LogP contribution in [0.1, 0.15) is 48.9 Å². The lowest BCUT2D eigenvalue weighted by molar-refractivity contribution is 0.0914. The first kappa shape index (κ1) is 13.9. The molecule has 0 aromatic carbocycles. The fraction of sp³-hybridized carbons (Fsp3) is 0.643. The van der Waals surface area contributed by atoms with Gasteiger partial charge in [0, 0.05) is 24.4 Å². The molecular weight excluding hydrogens is 242 g/mol. The van der Waals surface area contributed by atoms with Crippen molar-refractivity contribution in [2.24, 2.45) is 0 Å². The second-order valence-electron chi connectivity index (χ2n) is 5.15. The molecule has 0 aliphatic heterocycles. The number of rotatable bonds is 5. The Labute approximate surface area is 113 Å². The number of ketones is 1. The van der Waals surface area contributed by atoms with Gasteiger partial charge >= 0.3 is 6.01 Å². The molecule has 0 bridgehead atoms. The first-order valence-corrected chi connectivity index (χ1v) is 6.77. The number of ether oxygens (including phenoxy) is 1. The zero-order valence-electron chi connectivity index (χ0n) is 11.6. The van der Waals surface area contributed by atoms with Gasteiger partial charge in [0.1, 0.15) is 0 Å². The summed E-state index contributed by atoms with van der Waals surface area (Å²) in [5, 5.41) is 3.35. The van der Waals surface area contributed by atoms with Crippen molar-refractivity contribution in [1.82, 2.24) is 15.3 Å². The summed E-state index contributed by atoms with van der Waals surface area (Å²) in [4.78, 5) is 20.3. The Bertz CT molecular complexity index is 425. The maximum absolute atomic E-state index is 12.3. The summed E-state index contributed by atoms with van der Waals surface area (Å²) >= 11 is 0. The highest BCUT2D eigenvalue weighted by Gasteiger charge is 2.32. The van der Waals surface area contributed by atoms with E-state index in [4.69, 9.17) is 4.74 Å². The van der Waals surface area contributed by atoms with Crippen LogP contribution >= 0.6 is 0 Å². The van der Waals surface area contributed by atoms with E-state index >= 15 is 0 Å². The third kappa shape index (κ3) is 3.29. The van der Waals surface area contributed by atoms with E-state index in [1.165, 1.54) is 26.4 Å². The van der Waals surface area contributed by atoms with E-state index in [-0.39, 0.29) is 17.3 Å². The van der Waals surface area contributed by atoms with E-state index in [1.807, 2.05) is 7.05 Å². The van der Waals surface area contributed by atoms with Crippen LogP contribution in [0.3, 0.4) is 0 Å². The molecule has 0 atom stereocenters. The van der Waals surface area contributed by atoms with E-state index in [0.717, 1.165) is 12.8 Å². The van der Waals surface area contributed by atoms with Crippen LogP contribution in [0.5, 0.6) is 6.01 Å². The summed E-state index contributed by atoms with van der Waals surface area (Å²) in [6.45, 7) is 0. The molecule has 2 rings (SSSR count). The number of nitrogens with one attached hydrogen (secondary N) is 1. The smallest absolute Gasteiger partial charge is 0.316 e. The average Bonchev–Trinajstić information content (AvgIpc) is 2.48. The largest absolute Gasteiger partial charge is 0.467 e. The summed E-state index contributed by atoms with van der Waals surface area (Å²) in [6, 6.07) is 0.289. The zero-order chi connectivity index (χ0) is 13.7. The number of hydrogen-bond donors (Lipinski definition) is 1. The van der Waals surface area contributed by atoms with E-state index in [1.54, 1.807) is 12.4 Å². The van der Waals surface area contributed by atoms with Crippen molar-refractivity contribution in [3.63, 3.8) is 0 Å². The maximum atomic E-state index is 12.3. The van der Waals surface area contributed by atoms with Crippen molar-refractivity contribution >= 4 is 5.78 Å². The topological polar surface area (TPSA) is 64.1 Å². The van der Waals surface area contributed by atoms with Crippen molar-refractivity contribution < 1.29 is 9.53 Å². The Morgan fingerprint density at radius 1 is 1.32 bits per heavy atom. The lowest BCUT2D eigenvalue weighted by Crippen LogP contribution is -2.46. The van der Waals surface area contributed by atoms with Crippen LogP contribution in [-0.4, -0.2) is 35.4 Å².